The van der Waals surface area contributed by atoms with Crippen LogP contribution in [0.5, 0.6) is 0 Å². The number of amides is 2. The van der Waals surface area contributed by atoms with E-state index >= 15 is 0 Å². The highest BCUT2D eigenvalue weighted by Crippen LogP contribution is 2.40. The van der Waals surface area contributed by atoms with Crippen molar-refractivity contribution >= 4 is 11.8 Å². The van der Waals surface area contributed by atoms with Crippen LogP contribution in [0.25, 0.3) is 0 Å². The second-order valence-electron chi connectivity index (χ2n) is 9.11. The lowest BCUT2D eigenvalue weighted by atomic mass is 9.72. The summed E-state index contributed by atoms with van der Waals surface area (Å²) in [5, 5.41) is 0. The van der Waals surface area contributed by atoms with Crippen LogP contribution < -0.4 is 5.73 Å². The van der Waals surface area contributed by atoms with Crippen molar-refractivity contribution in [3.8, 4) is 0 Å². The predicted octanol–water partition coefficient (Wildman–Crippen LogP) is 2.51. The Bertz CT molecular complexity index is 694. The number of hydrogen-bond acceptors (Lipinski definition) is 4. The fourth-order valence-electron chi connectivity index (χ4n) is 4.37. The summed E-state index contributed by atoms with van der Waals surface area (Å²) in [5.41, 5.74) is 6.57. The van der Waals surface area contributed by atoms with E-state index in [9.17, 15) is 9.59 Å². The Morgan fingerprint density at radius 2 is 1.92 bits per heavy atom. The maximum atomic E-state index is 11.8. The molecule has 0 bridgehead atoms. The maximum Gasteiger partial charge on any atom is 0.284 e. The minimum Gasteiger partial charge on any atom is -0.455 e. The molecule has 2 aliphatic rings. The van der Waals surface area contributed by atoms with Gasteiger partial charge in [0.15, 0.2) is 5.76 Å². The average Bonchev–Trinajstić information content (AvgIpc) is 2.98. The molecule has 2 N–H and O–H groups in total. The van der Waals surface area contributed by atoms with Gasteiger partial charge in [-0.3, -0.25) is 14.5 Å². The van der Waals surface area contributed by atoms with Gasteiger partial charge in [0, 0.05) is 37.5 Å². The molecule has 0 unspecified atom stereocenters. The van der Waals surface area contributed by atoms with E-state index in [1.807, 2.05) is 11.9 Å². The summed E-state index contributed by atoms with van der Waals surface area (Å²) in [6, 6.07) is 1.81. The van der Waals surface area contributed by atoms with E-state index in [1.165, 1.54) is 0 Å². The molecule has 2 amide bonds. The van der Waals surface area contributed by atoms with Gasteiger partial charge in [-0.1, -0.05) is 20.8 Å². The molecule has 6 nitrogen and oxygen atoms in total. The van der Waals surface area contributed by atoms with E-state index in [-0.39, 0.29) is 22.5 Å². The quantitative estimate of drug-likeness (QED) is 0.897. The largest absolute Gasteiger partial charge is 0.455 e. The van der Waals surface area contributed by atoms with E-state index in [0.717, 1.165) is 56.8 Å². The number of carbonyl (C=O) groups excluding carboxylic acids is 2. The van der Waals surface area contributed by atoms with Crippen molar-refractivity contribution in [1.82, 2.24) is 9.80 Å². The van der Waals surface area contributed by atoms with Crippen molar-refractivity contribution in [2.75, 3.05) is 26.7 Å². The summed E-state index contributed by atoms with van der Waals surface area (Å²) in [4.78, 5) is 27.6. The van der Waals surface area contributed by atoms with Gasteiger partial charge in [0.2, 0.25) is 5.91 Å². The number of furan rings is 1. The number of rotatable bonds is 3. The molecule has 0 aliphatic carbocycles. The third-order valence-corrected chi connectivity index (χ3v) is 5.91. The molecule has 0 radical (unpaired) electrons. The van der Waals surface area contributed by atoms with E-state index in [2.05, 4.69) is 25.7 Å². The van der Waals surface area contributed by atoms with Gasteiger partial charge in [-0.15, -0.1) is 0 Å². The highest BCUT2D eigenvalue weighted by atomic mass is 16.4. The predicted molar refractivity (Wildman–Crippen MR) is 99.7 cm³/mol. The van der Waals surface area contributed by atoms with Gasteiger partial charge in [-0.25, -0.2) is 0 Å². The van der Waals surface area contributed by atoms with Crippen LogP contribution in [0.1, 0.15) is 68.3 Å². The lowest BCUT2D eigenvalue weighted by Crippen LogP contribution is -2.50. The highest BCUT2D eigenvalue weighted by molar-refractivity contribution is 5.90. The van der Waals surface area contributed by atoms with Crippen molar-refractivity contribution in [3.05, 3.63) is 23.2 Å². The SMILES string of the molecule is CN1CC2(CCC1=O)CCN(Cc1cc(C(N)=O)oc1C(C)(C)C)CC2. The second-order valence-corrected chi connectivity index (χ2v) is 9.11. The zero-order valence-corrected chi connectivity index (χ0v) is 16.4. The lowest BCUT2D eigenvalue weighted by Gasteiger charge is -2.46. The first-order chi connectivity index (χ1) is 12.1. The molecule has 1 aromatic rings. The average molecular weight is 361 g/mol. The maximum absolute atomic E-state index is 11.8. The molecule has 6 heteroatoms. The zero-order chi connectivity index (χ0) is 19.1. The summed E-state index contributed by atoms with van der Waals surface area (Å²) in [5.74, 6) is 0.833. The van der Waals surface area contributed by atoms with Gasteiger partial charge in [0.05, 0.1) is 0 Å². The molecule has 3 rings (SSSR count). The van der Waals surface area contributed by atoms with Crippen molar-refractivity contribution in [1.29, 1.82) is 0 Å². The Kier molecular flexibility index (Phi) is 4.90. The third-order valence-electron chi connectivity index (χ3n) is 5.91. The van der Waals surface area contributed by atoms with Crippen LogP contribution in [0.3, 0.4) is 0 Å². The number of nitrogens with zero attached hydrogens (tertiary/aromatic N) is 2. The first kappa shape index (κ1) is 19.0. The Hall–Kier alpha value is -1.82. The molecule has 0 aromatic carbocycles. The van der Waals surface area contributed by atoms with E-state index in [4.69, 9.17) is 10.2 Å². The molecule has 3 heterocycles. The third kappa shape index (κ3) is 3.80. The first-order valence-electron chi connectivity index (χ1n) is 9.49. The van der Waals surface area contributed by atoms with Crippen LogP contribution in [-0.2, 0) is 16.8 Å². The number of nitrogens with two attached hydrogens (primary N) is 1. The summed E-state index contributed by atoms with van der Waals surface area (Å²) < 4.78 is 5.77. The molecular formula is C20H31N3O3. The molecule has 0 saturated carbocycles. The molecule has 26 heavy (non-hydrogen) atoms. The van der Waals surface area contributed by atoms with Gasteiger partial charge < -0.3 is 15.1 Å². The van der Waals surface area contributed by atoms with E-state index < -0.39 is 5.91 Å². The van der Waals surface area contributed by atoms with Crippen LogP contribution in [0.15, 0.2) is 10.5 Å². The van der Waals surface area contributed by atoms with E-state index in [0.29, 0.717) is 6.42 Å². The molecule has 1 aromatic heterocycles. The van der Waals surface area contributed by atoms with Gasteiger partial charge in [0.1, 0.15) is 5.76 Å². The number of likely N-dealkylation sites (tertiary alicyclic amines) is 2. The molecule has 144 valence electrons. The zero-order valence-electron chi connectivity index (χ0n) is 16.4. The van der Waals surface area contributed by atoms with Crippen LogP contribution >= 0.6 is 0 Å². The Labute approximate surface area is 155 Å². The normalized spacial score (nSPS) is 21.4. The lowest BCUT2D eigenvalue weighted by molar-refractivity contribution is -0.137. The highest BCUT2D eigenvalue weighted by Gasteiger charge is 2.40. The first-order valence-corrected chi connectivity index (χ1v) is 9.49. The number of hydrogen-bond donors (Lipinski definition) is 1. The molecule has 2 fully saturated rings. The van der Waals surface area contributed by atoms with Crippen molar-refractivity contribution < 1.29 is 14.0 Å². The number of carbonyl (C=O) groups is 2. The fourth-order valence-corrected chi connectivity index (χ4v) is 4.37. The Balaban J connectivity index is 1.68. The molecule has 2 aliphatic heterocycles. The van der Waals surface area contributed by atoms with Crippen LogP contribution in [0.2, 0.25) is 0 Å². The minimum absolute atomic E-state index is 0.174. The number of piperidine rings is 2. The molecular weight excluding hydrogens is 330 g/mol. The summed E-state index contributed by atoms with van der Waals surface area (Å²) in [7, 11) is 1.92. The van der Waals surface area contributed by atoms with Gasteiger partial charge in [-0.05, 0) is 43.8 Å². The minimum atomic E-state index is -0.519. The molecule has 1 spiro atoms. The van der Waals surface area contributed by atoms with E-state index in [1.54, 1.807) is 6.07 Å². The Morgan fingerprint density at radius 1 is 1.27 bits per heavy atom. The fraction of sp³-hybridized carbons (Fsp3) is 0.700. The van der Waals surface area contributed by atoms with Crippen molar-refractivity contribution in [2.45, 2.75) is 58.4 Å². The number of primary amides is 1. The van der Waals surface area contributed by atoms with Crippen LogP contribution in [0, 0.1) is 5.41 Å². The summed E-state index contributed by atoms with van der Waals surface area (Å²) in [6.07, 6.45) is 3.90. The standard InChI is InChI=1S/C20H31N3O3/c1-19(2,3)17-14(11-15(26-17)18(21)25)12-23-9-7-20(8-10-23)6-5-16(24)22(4)13-20/h11H,5-10,12-13H2,1-4H3,(H2,21,25). The monoisotopic (exact) mass is 361 g/mol. The van der Waals surface area contributed by atoms with Gasteiger partial charge in [0.25, 0.3) is 5.91 Å². The molecule has 0 atom stereocenters. The van der Waals surface area contributed by atoms with Gasteiger partial charge in [-0.2, -0.15) is 0 Å². The smallest absolute Gasteiger partial charge is 0.284 e. The van der Waals surface area contributed by atoms with Crippen molar-refractivity contribution in [3.63, 3.8) is 0 Å². The Morgan fingerprint density at radius 3 is 2.46 bits per heavy atom. The summed E-state index contributed by atoms with van der Waals surface area (Å²) in [6.45, 7) is 9.91. The van der Waals surface area contributed by atoms with Crippen molar-refractivity contribution in [2.24, 2.45) is 11.1 Å². The second kappa shape index (κ2) is 6.72. The van der Waals surface area contributed by atoms with Gasteiger partial charge >= 0.3 is 0 Å². The van der Waals surface area contributed by atoms with Crippen LogP contribution in [-0.4, -0.2) is 48.3 Å². The molecule has 2 saturated heterocycles. The topological polar surface area (TPSA) is 79.8 Å². The summed E-state index contributed by atoms with van der Waals surface area (Å²) >= 11 is 0. The van der Waals surface area contributed by atoms with Crippen LogP contribution in [0.4, 0.5) is 0 Å².